The molecule has 1 aromatic rings. The van der Waals surface area contributed by atoms with Gasteiger partial charge in [0.05, 0.1) is 6.26 Å². The van der Waals surface area contributed by atoms with Crippen LogP contribution in [-0.4, -0.2) is 19.0 Å². The summed E-state index contributed by atoms with van der Waals surface area (Å²) in [4.78, 5) is 11.3. The van der Waals surface area contributed by atoms with Gasteiger partial charge in [-0.3, -0.25) is 4.79 Å². The van der Waals surface area contributed by atoms with E-state index in [1.54, 1.807) is 12.1 Å². The third-order valence-corrected chi connectivity index (χ3v) is 1.76. The third kappa shape index (κ3) is 2.91. The van der Waals surface area contributed by atoms with Crippen molar-refractivity contribution in [1.82, 2.24) is 5.32 Å². The van der Waals surface area contributed by atoms with Crippen LogP contribution in [0.4, 0.5) is 0 Å². The number of nitrogens with one attached hydrogen (secondary N) is 1. The van der Waals surface area contributed by atoms with Gasteiger partial charge in [0.25, 0.3) is 5.91 Å². The molecule has 1 heterocycles. The van der Waals surface area contributed by atoms with Crippen molar-refractivity contribution in [3.63, 3.8) is 0 Å². The molecule has 0 fully saturated rings. The summed E-state index contributed by atoms with van der Waals surface area (Å²) in [6, 6.07) is 3.31. The summed E-state index contributed by atoms with van der Waals surface area (Å²) in [5.74, 6) is 0.438. The monoisotopic (exact) mass is 182 g/mol. The Labute approximate surface area is 77.1 Å². The van der Waals surface area contributed by atoms with Crippen LogP contribution in [0.3, 0.4) is 0 Å². The van der Waals surface area contributed by atoms with Crippen molar-refractivity contribution in [1.29, 1.82) is 0 Å². The fraction of sp³-hybridized carbons (Fsp3) is 0.444. The lowest BCUT2D eigenvalue weighted by Gasteiger charge is -2.08. The zero-order valence-electron chi connectivity index (χ0n) is 7.62. The maximum Gasteiger partial charge on any atom is 0.286 e. The Balaban J connectivity index is 2.35. The molecule has 1 aromatic heterocycles. The van der Waals surface area contributed by atoms with Crippen LogP contribution >= 0.6 is 0 Å². The highest BCUT2D eigenvalue weighted by atomic mass is 16.3. The zero-order chi connectivity index (χ0) is 9.68. The van der Waals surface area contributed by atoms with Crippen molar-refractivity contribution in [2.45, 2.75) is 6.92 Å². The second kappa shape index (κ2) is 4.67. The molecule has 0 aliphatic carbocycles. The predicted octanol–water partition coefficient (Wildman–Crippen LogP) is 0.604. The molecular formula is C9H14N2O2. The Kier molecular flexibility index (Phi) is 3.52. The molecule has 13 heavy (non-hydrogen) atoms. The van der Waals surface area contributed by atoms with Crippen LogP contribution in [0, 0.1) is 5.92 Å². The normalized spacial score (nSPS) is 12.5. The lowest BCUT2D eigenvalue weighted by atomic mass is 10.2. The van der Waals surface area contributed by atoms with E-state index in [0.717, 1.165) is 0 Å². The molecular weight excluding hydrogens is 168 g/mol. The van der Waals surface area contributed by atoms with Crippen LogP contribution in [0.2, 0.25) is 0 Å². The Morgan fingerprint density at radius 3 is 3.08 bits per heavy atom. The van der Waals surface area contributed by atoms with E-state index in [1.807, 2.05) is 6.92 Å². The molecule has 0 spiro atoms. The first kappa shape index (κ1) is 9.80. The molecule has 1 amide bonds. The second-order valence-electron chi connectivity index (χ2n) is 3.03. The van der Waals surface area contributed by atoms with E-state index in [-0.39, 0.29) is 5.91 Å². The molecule has 0 saturated carbocycles. The maximum atomic E-state index is 11.3. The molecule has 1 unspecified atom stereocenters. The van der Waals surface area contributed by atoms with Gasteiger partial charge in [0.1, 0.15) is 0 Å². The van der Waals surface area contributed by atoms with Crippen LogP contribution in [0.5, 0.6) is 0 Å². The number of carbonyl (C=O) groups is 1. The summed E-state index contributed by atoms with van der Waals surface area (Å²) in [6.07, 6.45) is 1.47. The van der Waals surface area contributed by atoms with Crippen LogP contribution in [0.1, 0.15) is 17.5 Å². The van der Waals surface area contributed by atoms with Crippen LogP contribution in [-0.2, 0) is 0 Å². The smallest absolute Gasteiger partial charge is 0.286 e. The number of hydrogen-bond acceptors (Lipinski definition) is 3. The molecule has 0 bridgehead atoms. The van der Waals surface area contributed by atoms with E-state index in [1.165, 1.54) is 6.26 Å². The highest BCUT2D eigenvalue weighted by molar-refractivity contribution is 5.91. The quantitative estimate of drug-likeness (QED) is 0.716. The molecule has 0 saturated heterocycles. The van der Waals surface area contributed by atoms with Gasteiger partial charge in [-0.25, -0.2) is 0 Å². The molecule has 0 aliphatic rings. The van der Waals surface area contributed by atoms with Gasteiger partial charge in [0.2, 0.25) is 0 Å². The van der Waals surface area contributed by atoms with Crippen molar-refractivity contribution in [2.75, 3.05) is 13.1 Å². The third-order valence-electron chi connectivity index (χ3n) is 1.76. The van der Waals surface area contributed by atoms with Crippen LogP contribution < -0.4 is 11.1 Å². The Hall–Kier alpha value is -1.29. The minimum Gasteiger partial charge on any atom is -0.459 e. The van der Waals surface area contributed by atoms with E-state index in [9.17, 15) is 4.79 Å². The topological polar surface area (TPSA) is 68.3 Å². The van der Waals surface area contributed by atoms with Crippen molar-refractivity contribution < 1.29 is 9.21 Å². The van der Waals surface area contributed by atoms with Crippen molar-refractivity contribution in [3.05, 3.63) is 24.2 Å². The average Bonchev–Trinajstić information content (AvgIpc) is 2.66. The predicted molar refractivity (Wildman–Crippen MR) is 49.3 cm³/mol. The fourth-order valence-electron chi connectivity index (χ4n) is 0.845. The van der Waals surface area contributed by atoms with Crippen molar-refractivity contribution >= 4 is 5.91 Å². The SMILES string of the molecule is CC(CN)CNC(=O)c1ccco1. The fourth-order valence-corrected chi connectivity index (χ4v) is 0.845. The summed E-state index contributed by atoms with van der Waals surface area (Å²) in [5, 5.41) is 2.72. The summed E-state index contributed by atoms with van der Waals surface area (Å²) < 4.78 is 4.92. The maximum absolute atomic E-state index is 11.3. The van der Waals surface area contributed by atoms with E-state index < -0.39 is 0 Å². The van der Waals surface area contributed by atoms with Gasteiger partial charge in [-0.1, -0.05) is 6.92 Å². The number of furan rings is 1. The van der Waals surface area contributed by atoms with Crippen molar-refractivity contribution in [2.24, 2.45) is 11.7 Å². The molecule has 0 radical (unpaired) electrons. The lowest BCUT2D eigenvalue weighted by Crippen LogP contribution is -2.30. The summed E-state index contributed by atoms with van der Waals surface area (Å²) in [5.41, 5.74) is 5.40. The number of hydrogen-bond donors (Lipinski definition) is 2. The van der Waals surface area contributed by atoms with Gasteiger partial charge < -0.3 is 15.5 Å². The Bertz CT molecular complexity index is 257. The summed E-state index contributed by atoms with van der Waals surface area (Å²) in [6.45, 7) is 3.12. The number of carbonyl (C=O) groups excluding carboxylic acids is 1. The lowest BCUT2D eigenvalue weighted by molar-refractivity contribution is 0.0921. The number of rotatable bonds is 4. The first-order valence-corrected chi connectivity index (χ1v) is 4.25. The van der Waals surface area contributed by atoms with Gasteiger partial charge in [0, 0.05) is 6.54 Å². The Morgan fingerprint density at radius 1 is 1.77 bits per heavy atom. The second-order valence-corrected chi connectivity index (χ2v) is 3.03. The summed E-state index contributed by atoms with van der Waals surface area (Å²) in [7, 11) is 0. The minimum absolute atomic E-state index is 0.190. The average molecular weight is 182 g/mol. The molecule has 0 aromatic carbocycles. The number of nitrogens with two attached hydrogens (primary N) is 1. The van der Waals surface area contributed by atoms with E-state index in [2.05, 4.69) is 5.32 Å². The van der Waals surface area contributed by atoms with E-state index in [0.29, 0.717) is 24.8 Å². The van der Waals surface area contributed by atoms with E-state index >= 15 is 0 Å². The molecule has 1 atom stereocenters. The Morgan fingerprint density at radius 2 is 2.54 bits per heavy atom. The molecule has 3 N–H and O–H groups in total. The van der Waals surface area contributed by atoms with Gasteiger partial charge in [-0.15, -0.1) is 0 Å². The summed E-state index contributed by atoms with van der Waals surface area (Å²) >= 11 is 0. The van der Waals surface area contributed by atoms with Gasteiger partial charge in [0.15, 0.2) is 5.76 Å². The zero-order valence-corrected chi connectivity index (χ0v) is 7.62. The highest BCUT2D eigenvalue weighted by Gasteiger charge is 2.08. The van der Waals surface area contributed by atoms with Gasteiger partial charge in [-0.05, 0) is 24.6 Å². The molecule has 4 nitrogen and oxygen atoms in total. The largest absolute Gasteiger partial charge is 0.459 e. The van der Waals surface area contributed by atoms with Crippen LogP contribution in [0.25, 0.3) is 0 Å². The molecule has 4 heteroatoms. The standard InChI is InChI=1S/C9H14N2O2/c1-7(5-10)6-11-9(12)8-3-2-4-13-8/h2-4,7H,5-6,10H2,1H3,(H,11,12). The van der Waals surface area contributed by atoms with E-state index in [4.69, 9.17) is 10.2 Å². The van der Waals surface area contributed by atoms with Gasteiger partial charge in [-0.2, -0.15) is 0 Å². The first-order valence-electron chi connectivity index (χ1n) is 4.25. The van der Waals surface area contributed by atoms with Crippen LogP contribution in [0.15, 0.2) is 22.8 Å². The molecule has 0 aliphatic heterocycles. The molecule has 72 valence electrons. The first-order chi connectivity index (χ1) is 6.24. The van der Waals surface area contributed by atoms with Gasteiger partial charge >= 0.3 is 0 Å². The molecule has 1 rings (SSSR count). The van der Waals surface area contributed by atoms with Crippen molar-refractivity contribution in [3.8, 4) is 0 Å². The number of amides is 1. The minimum atomic E-state index is -0.190. The highest BCUT2D eigenvalue weighted by Crippen LogP contribution is 1.99.